The largest absolute Gasteiger partial charge is 0.464 e. The quantitative estimate of drug-likeness (QED) is 0.787. The highest BCUT2D eigenvalue weighted by molar-refractivity contribution is 6.30. The Morgan fingerprint density at radius 2 is 2.44 bits per heavy atom. The molecular formula is C10H14ClN3O2. The third kappa shape index (κ3) is 3.27. The number of nitrogens with two attached hydrogens (primary N) is 1. The number of carbonyl (C=O) groups excluding carboxylic acids is 1. The first-order valence-corrected chi connectivity index (χ1v) is 5.26. The molecule has 0 aliphatic carbocycles. The molecule has 5 nitrogen and oxygen atoms in total. The second-order valence-corrected chi connectivity index (χ2v) is 3.65. The van der Waals surface area contributed by atoms with Crippen molar-refractivity contribution in [2.24, 2.45) is 0 Å². The molecule has 88 valence electrons. The van der Waals surface area contributed by atoms with Gasteiger partial charge in [0.15, 0.2) is 0 Å². The molecule has 1 aromatic heterocycles. The summed E-state index contributed by atoms with van der Waals surface area (Å²) in [6.45, 7) is 3.77. The topological polar surface area (TPSA) is 77.2 Å². The van der Waals surface area contributed by atoms with Crippen LogP contribution in [0.2, 0.25) is 5.02 Å². The Kier molecular flexibility index (Phi) is 4.37. The van der Waals surface area contributed by atoms with Gasteiger partial charge in [-0.3, -0.25) is 0 Å². The molecule has 0 bridgehead atoms. The number of carbonyl (C=O) groups is 1. The molecule has 1 rings (SSSR count). The Hall–Kier alpha value is -1.49. The summed E-state index contributed by atoms with van der Waals surface area (Å²) in [6.07, 6.45) is 1.46. The lowest BCUT2D eigenvalue weighted by atomic mass is 10.3. The van der Waals surface area contributed by atoms with Crippen LogP contribution < -0.4 is 11.1 Å². The monoisotopic (exact) mass is 243 g/mol. The number of nitrogen functional groups attached to an aromatic ring is 1. The maximum absolute atomic E-state index is 11.3. The van der Waals surface area contributed by atoms with E-state index in [4.69, 9.17) is 22.1 Å². The predicted molar refractivity (Wildman–Crippen MR) is 63.4 cm³/mol. The molecule has 0 spiro atoms. The number of nitrogens with one attached hydrogen (secondary N) is 1. The Morgan fingerprint density at radius 3 is 3.00 bits per heavy atom. The van der Waals surface area contributed by atoms with E-state index in [1.54, 1.807) is 19.9 Å². The van der Waals surface area contributed by atoms with Crippen molar-refractivity contribution < 1.29 is 9.53 Å². The van der Waals surface area contributed by atoms with Crippen molar-refractivity contribution in [3.8, 4) is 0 Å². The zero-order valence-electron chi connectivity index (χ0n) is 9.16. The van der Waals surface area contributed by atoms with Crippen LogP contribution in [-0.4, -0.2) is 23.6 Å². The van der Waals surface area contributed by atoms with Crippen LogP contribution in [0.5, 0.6) is 0 Å². The lowest BCUT2D eigenvalue weighted by Gasteiger charge is -2.14. The van der Waals surface area contributed by atoms with Crippen molar-refractivity contribution in [3.05, 3.63) is 17.3 Å². The molecule has 0 aromatic carbocycles. The van der Waals surface area contributed by atoms with Gasteiger partial charge in [-0.15, -0.1) is 0 Å². The zero-order valence-corrected chi connectivity index (χ0v) is 9.91. The smallest absolute Gasteiger partial charge is 0.328 e. The van der Waals surface area contributed by atoms with Gasteiger partial charge in [0.25, 0.3) is 0 Å². The lowest BCUT2D eigenvalue weighted by molar-refractivity contribution is -0.143. The molecule has 3 N–H and O–H groups in total. The fourth-order valence-corrected chi connectivity index (χ4v) is 1.27. The Balaban J connectivity index is 2.69. The first kappa shape index (κ1) is 12.6. The number of halogens is 1. The van der Waals surface area contributed by atoms with Gasteiger partial charge in [0.05, 0.1) is 17.3 Å². The van der Waals surface area contributed by atoms with Gasteiger partial charge >= 0.3 is 5.97 Å². The molecule has 0 saturated heterocycles. The second kappa shape index (κ2) is 5.55. The van der Waals surface area contributed by atoms with Gasteiger partial charge in [-0.1, -0.05) is 11.6 Å². The molecule has 1 aromatic rings. The average Bonchev–Trinajstić information content (AvgIpc) is 2.22. The molecule has 0 amide bonds. The minimum Gasteiger partial charge on any atom is -0.464 e. The van der Waals surface area contributed by atoms with Gasteiger partial charge in [-0.25, -0.2) is 9.78 Å². The molecule has 0 saturated carbocycles. The first-order chi connectivity index (χ1) is 7.54. The highest BCUT2D eigenvalue weighted by Gasteiger charge is 2.15. The lowest BCUT2D eigenvalue weighted by Crippen LogP contribution is -2.28. The summed E-state index contributed by atoms with van der Waals surface area (Å²) >= 11 is 5.70. The van der Waals surface area contributed by atoms with Crippen molar-refractivity contribution in [2.45, 2.75) is 19.9 Å². The van der Waals surface area contributed by atoms with E-state index >= 15 is 0 Å². The third-order valence-corrected chi connectivity index (χ3v) is 2.08. The molecule has 1 atom stereocenters. The van der Waals surface area contributed by atoms with E-state index in [1.165, 1.54) is 6.20 Å². The predicted octanol–water partition coefficient (Wildman–Crippen LogP) is 1.68. The molecule has 16 heavy (non-hydrogen) atoms. The molecule has 0 aliphatic rings. The Labute approximate surface area is 98.9 Å². The Morgan fingerprint density at radius 1 is 1.75 bits per heavy atom. The Bertz CT molecular complexity index is 384. The fourth-order valence-electron chi connectivity index (χ4n) is 1.11. The van der Waals surface area contributed by atoms with Crippen LogP contribution in [0.1, 0.15) is 13.8 Å². The standard InChI is InChI=1S/C10H14ClN3O2/c1-3-16-10(15)6(2)14-9-8(12)4-7(11)5-13-9/h4-6H,3,12H2,1-2H3,(H,13,14). The molecule has 0 aliphatic heterocycles. The van der Waals surface area contributed by atoms with Gasteiger partial charge in [-0.2, -0.15) is 0 Å². The summed E-state index contributed by atoms with van der Waals surface area (Å²) in [5, 5.41) is 3.30. The first-order valence-electron chi connectivity index (χ1n) is 4.88. The van der Waals surface area contributed by atoms with E-state index < -0.39 is 6.04 Å². The van der Waals surface area contributed by atoms with Crippen molar-refractivity contribution in [1.82, 2.24) is 4.98 Å². The van der Waals surface area contributed by atoms with Crippen LogP contribution in [0.4, 0.5) is 11.5 Å². The normalized spacial score (nSPS) is 11.9. The van der Waals surface area contributed by atoms with Crippen LogP contribution in [-0.2, 0) is 9.53 Å². The van der Waals surface area contributed by atoms with E-state index in [0.29, 0.717) is 23.1 Å². The van der Waals surface area contributed by atoms with Crippen molar-refractivity contribution >= 4 is 29.1 Å². The highest BCUT2D eigenvalue weighted by Crippen LogP contribution is 2.20. The number of pyridine rings is 1. The molecule has 0 radical (unpaired) electrons. The number of hydrogen-bond acceptors (Lipinski definition) is 5. The molecule has 6 heteroatoms. The van der Waals surface area contributed by atoms with Crippen LogP contribution in [0.3, 0.4) is 0 Å². The van der Waals surface area contributed by atoms with Gasteiger partial charge in [0.2, 0.25) is 0 Å². The molecule has 0 fully saturated rings. The van der Waals surface area contributed by atoms with Crippen molar-refractivity contribution in [3.63, 3.8) is 0 Å². The SMILES string of the molecule is CCOC(=O)C(C)Nc1ncc(Cl)cc1N. The van der Waals surface area contributed by atoms with Crippen LogP contribution in [0, 0.1) is 0 Å². The summed E-state index contributed by atoms with van der Waals surface area (Å²) in [6, 6.07) is 1.06. The number of anilines is 2. The van der Waals surface area contributed by atoms with Crippen molar-refractivity contribution in [1.29, 1.82) is 0 Å². The molecule has 1 unspecified atom stereocenters. The minimum absolute atomic E-state index is 0.342. The zero-order chi connectivity index (χ0) is 12.1. The van der Waals surface area contributed by atoms with Crippen LogP contribution in [0.25, 0.3) is 0 Å². The fraction of sp³-hybridized carbons (Fsp3) is 0.400. The maximum Gasteiger partial charge on any atom is 0.328 e. The maximum atomic E-state index is 11.3. The van der Waals surface area contributed by atoms with E-state index in [9.17, 15) is 4.79 Å². The summed E-state index contributed by atoms with van der Waals surface area (Å²) in [5.74, 6) is 0.0728. The summed E-state index contributed by atoms with van der Waals surface area (Å²) in [4.78, 5) is 15.3. The van der Waals surface area contributed by atoms with Gasteiger partial charge in [0, 0.05) is 6.20 Å². The van der Waals surface area contributed by atoms with E-state index in [-0.39, 0.29) is 5.97 Å². The van der Waals surface area contributed by atoms with E-state index in [1.807, 2.05) is 0 Å². The van der Waals surface area contributed by atoms with Gasteiger partial charge in [0.1, 0.15) is 11.9 Å². The molecule has 1 heterocycles. The number of rotatable bonds is 4. The second-order valence-electron chi connectivity index (χ2n) is 3.21. The summed E-state index contributed by atoms with van der Waals surface area (Å²) in [7, 11) is 0. The van der Waals surface area contributed by atoms with Crippen LogP contribution >= 0.6 is 11.6 Å². The number of ether oxygens (including phenoxy) is 1. The van der Waals surface area contributed by atoms with Crippen molar-refractivity contribution in [2.75, 3.05) is 17.7 Å². The summed E-state index contributed by atoms with van der Waals surface area (Å²) in [5.41, 5.74) is 6.07. The van der Waals surface area contributed by atoms with Crippen LogP contribution in [0.15, 0.2) is 12.3 Å². The third-order valence-electron chi connectivity index (χ3n) is 1.88. The number of nitrogens with zero attached hydrogens (tertiary/aromatic N) is 1. The van der Waals surface area contributed by atoms with E-state index in [2.05, 4.69) is 10.3 Å². The van der Waals surface area contributed by atoms with Gasteiger partial charge < -0.3 is 15.8 Å². The molecular weight excluding hydrogens is 230 g/mol. The average molecular weight is 244 g/mol. The highest BCUT2D eigenvalue weighted by atomic mass is 35.5. The minimum atomic E-state index is -0.504. The summed E-state index contributed by atoms with van der Waals surface area (Å²) < 4.78 is 4.84. The van der Waals surface area contributed by atoms with E-state index in [0.717, 1.165) is 0 Å². The van der Waals surface area contributed by atoms with Gasteiger partial charge in [-0.05, 0) is 19.9 Å². The number of aromatic nitrogens is 1. The number of hydrogen-bond donors (Lipinski definition) is 2. The number of esters is 1.